The number of benzene rings is 2. The fourth-order valence-electron chi connectivity index (χ4n) is 2.03. The van der Waals surface area contributed by atoms with Crippen LogP contribution in [0, 0.1) is 0 Å². The fourth-order valence-corrected chi connectivity index (χ4v) is 2.75. The molecule has 0 saturated carbocycles. The van der Waals surface area contributed by atoms with E-state index < -0.39 is 14.1 Å². The molecule has 5 nitrogen and oxygen atoms in total. The molecule has 2 aromatic rings. The van der Waals surface area contributed by atoms with Crippen LogP contribution in [0.25, 0.3) is 0 Å². The zero-order valence-corrected chi connectivity index (χ0v) is 13.7. The van der Waals surface area contributed by atoms with Crippen molar-refractivity contribution in [2.75, 3.05) is 18.8 Å². The smallest absolute Gasteiger partial charge is 0.338 e. The summed E-state index contributed by atoms with van der Waals surface area (Å²) in [7, 11) is -0.619. The summed E-state index contributed by atoms with van der Waals surface area (Å²) >= 11 is 0. The molecule has 0 radical (unpaired) electrons. The molecule has 1 amide bonds. The van der Waals surface area contributed by atoms with Crippen molar-refractivity contribution in [2.45, 2.75) is 12.5 Å². The van der Waals surface area contributed by atoms with Crippen molar-refractivity contribution in [1.29, 1.82) is 0 Å². The molecule has 0 heterocycles. The lowest BCUT2D eigenvalue weighted by atomic mass is 10.1. The Morgan fingerprint density at radius 3 is 2.30 bits per heavy atom. The van der Waals surface area contributed by atoms with Gasteiger partial charge in [0.05, 0.1) is 0 Å². The van der Waals surface area contributed by atoms with Crippen LogP contribution in [0.2, 0.25) is 0 Å². The summed E-state index contributed by atoms with van der Waals surface area (Å²) in [5, 5.41) is 2.78. The van der Waals surface area contributed by atoms with Crippen LogP contribution in [-0.2, 0) is 25.0 Å². The fraction of sp³-hybridized carbons (Fsp3) is 0.235. The number of carbonyl (C=O) groups is 1. The summed E-state index contributed by atoms with van der Waals surface area (Å²) in [5.74, 6) is -0.334. The van der Waals surface area contributed by atoms with E-state index in [2.05, 4.69) is 5.32 Å². The number of anilines is 1. The Bertz CT molecular complexity index is 634. The highest BCUT2D eigenvalue weighted by atomic mass is 31.1. The molecule has 0 aliphatic carbocycles. The molecule has 0 bridgehead atoms. The molecule has 1 N–H and O–H groups in total. The van der Waals surface area contributed by atoms with E-state index in [1.54, 1.807) is 12.1 Å². The predicted molar refractivity (Wildman–Crippen MR) is 89.6 cm³/mol. The Morgan fingerprint density at radius 1 is 1.09 bits per heavy atom. The normalized spacial score (nSPS) is 12.5. The van der Waals surface area contributed by atoms with Gasteiger partial charge in [0.25, 0.3) is 12.3 Å². The van der Waals surface area contributed by atoms with Gasteiger partial charge in [0.2, 0.25) is 0 Å². The van der Waals surface area contributed by atoms with Gasteiger partial charge in [-0.05, 0) is 22.3 Å². The third-order valence-corrected chi connectivity index (χ3v) is 4.04. The summed E-state index contributed by atoms with van der Waals surface area (Å²) in [6, 6.07) is 18.6. The lowest BCUT2D eigenvalue weighted by molar-refractivity contribution is -0.122. The second-order valence-corrected chi connectivity index (χ2v) is 6.02. The lowest BCUT2D eigenvalue weighted by Crippen LogP contribution is -2.31. The molecule has 0 spiro atoms. The maximum Gasteiger partial charge on any atom is 0.537 e. The van der Waals surface area contributed by atoms with E-state index in [-0.39, 0.29) is 12.3 Å². The van der Waals surface area contributed by atoms with Crippen molar-refractivity contribution < 1.29 is 18.6 Å². The second kappa shape index (κ2) is 9.16. The minimum atomic E-state index is -2.06. The van der Waals surface area contributed by atoms with Gasteiger partial charge in [-0.2, -0.15) is 0 Å². The first-order valence-electron chi connectivity index (χ1n) is 7.19. The van der Waals surface area contributed by atoms with E-state index in [0.717, 1.165) is 5.56 Å². The SMILES string of the molecule is COC[P+](=O)OC(Cc1ccccc1)C(=O)Nc1ccccc1. The molecule has 0 aliphatic heterocycles. The number of nitrogens with one attached hydrogen (secondary N) is 1. The van der Waals surface area contributed by atoms with Crippen LogP contribution in [0.5, 0.6) is 0 Å². The van der Waals surface area contributed by atoms with E-state index in [9.17, 15) is 9.36 Å². The quantitative estimate of drug-likeness (QED) is 0.750. The second-order valence-electron chi connectivity index (χ2n) is 4.89. The van der Waals surface area contributed by atoms with Gasteiger partial charge in [0.1, 0.15) is 0 Å². The Morgan fingerprint density at radius 2 is 1.70 bits per heavy atom. The Kier molecular flexibility index (Phi) is 6.88. The van der Waals surface area contributed by atoms with Crippen molar-refractivity contribution in [1.82, 2.24) is 0 Å². The maximum atomic E-state index is 12.5. The Balaban J connectivity index is 2.08. The van der Waals surface area contributed by atoms with Gasteiger partial charge in [-0.15, -0.1) is 4.52 Å². The first kappa shape index (κ1) is 17.3. The minimum Gasteiger partial charge on any atom is -0.338 e. The van der Waals surface area contributed by atoms with Crippen molar-refractivity contribution in [3.63, 3.8) is 0 Å². The van der Waals surface area contributed by atoms with E-state index in [4.69, 9.17) is 9.26 Å². The van der Waals surface area contributed by atoms with Gasteiger partial charge in [-0.1, -0.05) is 48.5 Å². The molecule has 23 heavy (non-hydrogen) atoms. The summed E-state index contributed by atoms with van der Waals surface area (Å²) in [6.07, 6.45) is -0.555. The molecule has 0 saturated heterocycles. The van der Waals surface area contributed by atoms with Crippen LogP contribution in [0.3, 0.4) is 0 Å². The van der Waals surface area contributed by atoms with Gasteiger partial charge in [-0.25, -0.2) is 0 Å². The predicted octanol–water partition coefficient (Wildman–Crippen LogP) is 3.60. The standard InChI is InChI=1S/C17H18NO4P/c1-21-13-23(20)22-16(12-14-8-4-2-5-9-14)17(19)18-15-10-6-3-7-11-15/h2-11,16H,12-13H2,1H3/p+1. The summed E-state index contributed by atoms with van der Waals surface area (Å²) in [5.41, 5.74) is 1.60. The number of ether oxygens (including phenoxy) is 1. The van der Waals surface area contributed by atoms with Crippen molar-refractivity contribution >= 4 is 19.6 Å². The molecule has 6 heteroatoms. The van der Waals surface area contributed by atoms with Crippen molar-refractivity contribution in [3.05, 3.63) is 66.2 Å². The number of rotatable bonds is 8. The minimum absolute atomic E-state index is 0.0424. The number of carbonyl (C=O) groups excluding carboxylic acids is 1. The Labute approximate surface area is 136 Å². The average molecular weight is 332 g/mol. The van der Waals surface area contributed by atoms with E-state index in [0.29, 0.717) is 12.1 Å². The molecule has 2 unspecified atom stereocenters. The zero-order valence-electron chi connectivity index (χ0n) is 12.8. The lowest BCUT2D eigenvalue weighted by Gasteiger charge is -2.12. The zero-order chi connectivity index (χ0) is 16.5. The van der Waals surface area contributed by atoms with Crippen LogP contribution in [0.15, 0.2) is 60.7 Å². The topological polar surface area (TPSA) is 64.6 Å². The highest BCUT2D eigenvalue weighted by Gasteiger charge is 2.30. The van der Waals surface area contributed by atoms with Gasteiger partial charge < -0.3 is 10.1 Å². The molecule has 0 aliphatic rings. The Hall–Kier alpha value is -2.07. The van der Waals surface area contributed by atoms with Crippen LogP contribution in [0.1, 0.15) is 5.56 Å². The third-order valence-electron chi connectivity index (χ3n) is 3.08. The number of methoxy groups -OCH3 is 1. The highest BCUT2D eigenvalue weighted by molar-refractivity contribution is 7.38. The molecule has 120 valence electrons. The van der Waals surface area contributed by atoms with Crippen molar-refractivity contribution in [3.8, 4) is 0 Å². The van der Waals surface area contributed by atoms with Crippen LogP contribution >= 0.6 is 8.03 Å². The van der Waals surface area contributed by atoms with Crippen LogP contribution < -0.4 is 5.32 Å². The molecule has 0 aromatic heterocycles. The van der Waals surface area contributed by atoms with Crippen molar-refractivity contribution in [2.24, 2.45) is 0 Å². The number of para-hydroxylation sites is 1. The monoisotopic (exact) mass is 332 g/mol. The van der Waals surface area contributed by atoms with E-state index in [1.165, 1.54) is 7.11 Å². The summed E-state index contributed by atoms with van der Waals surface area (Å²) < 4.78 is 22.0. The van der Waals surface area contributed by atoms with Gasteiger partial charge in [0, 0.05) is 19.2 Å². The molecule has 2 atom stereocenters. The highest BCUT2D eigenvalue weighted by Crippen LogP contribution is 2.26. The maximum absolute atomic E-state index is 12.5. The summed E-state index contributed by atoms with van der Waals surface area (Å²) in [4.78, 5) is 12.5. The van der Waals surface area contributed by atoms with E-state index in [1.807, 2.05) is 48.5 Å². The molecule has 2 rings (SSSR count). The molecular formula is C17H19NO4P+. The first-order valence-corrected chi connectivity index (χ1v) is 8.55. The molecule has 2 aromatic carbocycles. The average Bonchev–Trinajstić information content (AvgIpc) is 2.56. The van der Waals surface area contributed by atoms with Gasteiger partial charge in [0.15, 0.2) is 6.10 Å². The molecular weight excluding hydrogens is 313 g/mol. The third kappa shape index (κ3) is 5.91. The van der Waals surface area contributed by atoms with Crippen LogP contribution in [-0.4, -0.2) is 25.5 Å². The van der Waals surface area contributed by atoms with E-state index >= 15 is 0 Å². The number of amides is 1. The summed E-state index contributed by atoms with van der Waals surface area (Å²) in [6.45, 7) is 0. The number of hydrogen-bond donors (Lipinski definition) is 1. The van der Waals surface area contributed by atoms with Crippen LogP contribution in [0.4, 0.5) is 5.69 Å². The first-order chi connectivity index (χ1) is 11.2. The van der Waals surface area contributed by atoms with Gasteiger partial charge in [-0.3, -0.25) is 4.79 Å². The van der Waals surface area contributed by atoms with Gasteiger partial charge >= 0.3 is 8.03 Å². The molecule has 0 fully saturated rings. The number of hydrogen-bond acceptors (Lipinski definition) is 4. The largest absolute Gasteiger partial charge is 0.537 e.